The molecule has 0 saturated heterocycles. The van der Waals surface area contributed by atoms with E-state index < -0.39 is 11.7 Å². The summed E-state index contributed by atoms with van der Waals surface area (Å²) in [5, 5.41) is 3.78. The van der Waals surface area contributed by atoms with Crippen LogP contribution in [0.4, 0.5) is 4.79 Å². The molecule has 1 heterocycles. The fourth-order valence-electron chi connectivity index (χ4n) is 2.01. The number of alkyl carbamates (subject to hydrolysis) is 1. The van der Waals surface area contributed by atoms with Gasteiger partial charge in [0.2, 0.25) is 0 Å². The first-order valence-corrected chi connectivity index (χ1v) is 6.71. The van der Waals surface area contributed by atoms with Gasteiger partial charge in [0, 0.05) is 17.5 Å². The van der Waals surface area contributed by atoms with Crippen molar-refractivity contribution in [2.75, 3.05) is 0 Å². The molecule has 2 aromatic rings. The predicted octanol–water partition coefficient (Wildman–Crippen LogP) is 4.07. The normalized spacial score (nSPS) is 11.7. The summed E-state index contributed by atoms with van der Waals surface area (Å²) >= 11 is 0. The monoisotopic (exact) mass is 275 g/mol. The second-order valence-electron chi connectivity index (χ2n) is 6.00. The Morgan fingerprint density at radius 2 is 2.00 bits per heavy atom. The van der Waals surface area contributed by atoms with Crippen LogP contribution in [0.2, 0.25) is 0 Å². The van der Waals surface area contributed by atoms with Gasteiger partial charge in [0.15, 0.2) is 0 Å². The Hall–Kier alpha value is -1.97. The highest BCUT2D eigenvalue weighted by molar-refractivity contribution is 5.85. The molecule has 0 bridgehead atoms. The van der Waals surface area contributed by atoms with Crippen LogP contribution in [0.3, 0.4) is 0 Å². The summed E-state index contributed by atoms with van der Waals surface area (Å²) in [4.78, 5) is 11.6. The summed E-state index contributed by atoms with van der Waals surface area (Å²) in [5.41, 5.74) is 3.67. The molecule has 0 unspecified atom stereocenters. The Kier molecular flexibility index (Phi) is 3.75. The highest BCUT2D eigenvalue weighted by Gasteiger charge is 2.16. The fraction of sp³-hybridized carbons (Fsp3) is 0.438. The summed E-state index contributed by atoms with van der Waals surface area (Å²) in [6.07, 6.45) is 1.27. The number of benzene rings is 1. The first kappa shape index (κ1) is 14.4. The minimum Gasteiger partial charge on any atom is -0.464 e. The Morgan fingerprint density at radius 1 is 1.30 bits per heavy atom. The van der Waals surface area contributed by atoms with Crippen LogP contribution in [0, 0.1) is 13.8 Å². The molecule has 1 aromatic heterocycles. The van der Waals surface area contributed by atoms with E-state index in [9.17, 15) is 4.79 Å². The molecule has 0 radical (unpaired) electrons. The molecular weight excluding hydrogens is 254 g/mol. The number of aryl methyl sites for hydroxylation is 2. The van der Waals surface area contributed by atoms with Crippen LogP contribution in [0.5, 0.6) is 0 Å². The van der Waals surface area contributed by atoms with Crippen LogP contribution in [-0.2, 0) is 11.3 Å². The van der Waals surface area contributed by atoms with Crippen molar-refractivity contribution < 1.29 is 13.9 Å². The van der Waals surface area contributed by atoms with Crippen molar-refractivity contribution in [1.82, 2.24) is 5.32 Å². The number of furan rings is 1. The number of carbonyl (C=O) groups excluding carboxylic acids is 1. The van der Waals surface area contributed by atoms with Gasteiger partial charge in [-0.05, 0) is 45.7 Å². The van der Waals surface area contributed by atoms with Gasteiger partial charge in [0.1, 0.15) is 11.2 Å². The highest BCUT2D eigenvalue weighted by atomic mass is 16.6. The van der Waals surface area contributed by atoms with Crippen molar-refractivity contribution in [3.05, 3.63) is 35.1 Å². The zero-order valence-electron chi connectivity index (χ0n) is 12.7. The topological polar surface area (TPSA) is 51.5 Å². The lowest BCUT2D eigenvalue weighted by Crippen LogP contribution is -2.32. The average Bonchev–Trinajstić information content (AvgIpc) is 2.73. The molecule has 0 fully saturated rings. The van der Waals surface area contributed by atoms with Gasteiger partial charge in [-0.25, -0.2) is 4.79 Å². The Balaban J connectivity index is 2.12. The summed E-state index contributed by atoms with van der Waals surface area (Å²) in [6.45, 7) is 10.00. The van der Waals surface area contributed by atoms with Crippen molar-refractivity contribution in [2.24, 2.45) is 0 Å². The van der Waals surface area contributed by atoms with E-state index in [4.69, 9.17) is 9.15 Å². The SMILES string of the molecule is Cc1ccc2c(CNC(=O)OC(C)(C)C)coc2c1C. The third-order valence-corrected chi connectivity index (χ3v) is 3.16. The number of rotatable bonds is 2. The number of hydrogen-bond donors (Lipinski definition) is 1. The van der Waals surface area contributed by atoms with E-state index in [0.717, 1.165) is 22.1 Å². The third-order valence-electron chi connectivity index (χ3n) is 3.16. The molecule has 4 nitrogen and oxygen atoms in total. The molecule has 0 spiro atoms. The van der Waals surface area contributed by atoms with Crippen LogP contribution >= 0.6 is 0 Å². The maximum Gasteiger partial charge on any atom is 0.407 e. The summed E-state index contributed by atoms with van der Waals surface area (Å²) in [7, 11) is 0. The molecule has 0 saturated carbocycles. The van der Waals surface area contributed by atoms with Crippen LogP contribution in [0.25, 0.3) is 11.0 Å². The number of carbonyl (C=O) groups is 1. The minimum absolute atomic E-state index is 0.393. The predicted molar refractivity (Wildman–Crippen MR) is 78.8 cm³/mol. The molecule has 1 amide bonds. The fourth-order valence-corrected chi connectivity index (χ4v) is 2.01. The second-order valence-corrected chi connectivity index (χ2v) is 6.00. The molecule has 0 atom stereocenters. The van der Waals surface area contributed by atoms with Crippen LogP contribution in [-0.4, -0.2) is 11.7 Å². The minimum atomic E-state index is -0.490. The molecule has 0 aliphatic rings. The number of hydrogen-bond acceptors (Lipinski definition) is 3. The van der Waals surface area contributed by atoms with Gasteiger partial charge in [-0.1, -0.05) is 12.1 Å². The number of ether oxygens (including phenoxy) is 1. The van der Waals surface area contributed by atoms with Gasteiger partial charge in [-0.2, -0.15) is 0 Å². The summed E-state index contributed by atoms with van der Waals surface area (Å²) in [5.74, 6) is 0. The zero-order valence-corrected chi connectivity index (χ0v) is 12.7. The molecule has 1 aromatic carbocycles. The van der Waals surface area contributed by atoms with Crippen LogP contribution < -0.4 is 5.32 Å². The molecule has 4 heteroatoms. The Morgan fingerprint density at radius 3 is 2.65 bits per heavy atom. The van der Waals surface area contributed by atoms with Crippen molar-refractivity contribution in [3.8, 4) is 0 Å². The summed E-state index contributed by atoms with van der Waals surface area (Å²) in [6, 6.07) is 4.08. The highest BCUT2D eigenvalue weighted by Crippen LogP contribution is 2.26. The molecule has 0 aliphatic heterocycles. The van der Waals surface area contributed by atoms with E-state index in [1.54, 1.807) is 6.26 Å². The molecule has 108 valence electrons. The average molecular weight is 275 g/mol. The van der Waals surface area contributed by atoms with Crippen molar-refractivity contribution in [3.63, 3.8) is 0 Å². The van der Waals surface area contributed by atoms with Gasteiger partial charge in [0.25, 0.3) is 0 Å². The first-order valence-electron chi connectivity index (χ1n) is 6.71. The van der Waals surface area contributed by atoms with Gasteiger partial charge >= 0.3 is 6.09 Å². The molecule has 20 heavy (non-hydrogen) atoms. The summed E-state index contributed by atoms with van der Waals surface area (Å²) < 4.78 is 10.8. The van der Waals surface area contributed by atoms with Crippen LogP contribution in [0.15, 0.2) is 22.8 Å². The number of amides is 1. The van der Waals surface area contributed by atoms with Crippen LogP contribution in [0.1, 0.15) is 37.5 Å². The van der Waals surface area contributed by atoms with Gasteiger partial charge < -0.3 is 14.5 Å². The third kappa shape index (κ3) is 3.13. The lowest BCUT2D eigenvalue weighted by Gasteiger charge is -2.19. The smallest absolute Gasteiger partial charge is 0.407 e. The molecule has 0 aliphatic carbocycles. The van der Waals surface area contributed by atoms with E-state index in [0.29, 0.717) is 6.54 Å². The maximum atomic E-state index is 11.6. The Labute approximate surface area is 119 Å². The van der Waals surface area contributed by atoms with Crippen molar-refractivity contribution in [1.29, 1.82) is 0 Å². The van der Waals surface area contributed by atoms with Gasteiger partial charge in [-0.15, -0.1) is 0 Å². The van der Waals surface area contributed by atoms with E-state index in [2.05, 4.69) is 18.3 Å². The van der Waals surface area contributed by atoms with Crippen molar-refractivity contribution in [2.45, 2.75) is 46.8 Å². The first-order chi connectivity index (χ1) is 9.28. The quantitative estimate of drug-likeness (QED) is 0.898. The van der Waals surface area contributed by atoms with E-state index in [1.165, 1.54) is 5.56 Å². The second kappa shape index (κ2) is 5.19. The number of nitrogens with one attached hydrogen (secondary N) is 1. The van der Waals surface area contributed by atoms with E-state index in [-0.39, 0.29) is 0 Å². The zero-order chi connectivity index (χ0) is 14.9. The van der Waals surface area contributed by atoms with Crippen molar-refractivity contribution >= 4 is 17.1 Å². The number of fused-ring (bicyclic) bond motifs is 1. The standard InChI is InChI=1S/C16H21NO3/c1-10-6-7-13-12(9-19-14(13)11(10)2)8-17-15(18)20-16(3,4)5/h6-7,9H,8H2,1-5H3,(H,17,18). The van der Waals surface area contributed by atoms with E-state index in [1.807, 2.05) is 33.8 Å². The Bertz CT molecular complexity index is 635. The van der Waals surface area contributed by atoms with E-state index >= 15 is 0 Å². The lowest BCUT2D eigenvalue weighted by atomic mass is 10.1. The maximum absolute atomic E-state index is 11.6. The molecule has 1 N–H and O–H groups in total. The molecular formula is C16H21NO3. The largest absolute Gasteiger partial charge is 0.464 e. The lowest BCUT2D eigenvalue weighted by molar-refractivity contribution is 0.0524. The molecule has 2 rings (SSSR count). The van der Waals surface area contributed by atoms with Gasteiger partial charge in [-0.3, -0.25) is 0 Å². The van der Waals surface area contributed by atoms with Gasteiger partial charge in [0.05, 0.1) is 6.26 Å².